The number of carboxylic acids is 1. The minimum Gasteiger partial charge on any atom is -0.478 e. The molecule has 2 aromatic carbocycles. The number of carbonyl (C=O) groups excluding carboxylic acids is 1. The molecule has 1 heterocycles. The summed E-state index contributed by atoms with van der Waals surface area (Å²) in [7, 11) is 0. The zero-order chi connectivity index (χ0) is 18.1. The third kappa shape index (κ3) is 2.81. The first-order valence-electron chi connectivity index (χ1n) is 9.12. The molecule has 26 heavy (non-hydrogen) atoms. The van der Waals surface area contributed by atoms with E-state index < -0.39 is 5.97 Å². The molecular weight excluding hydrogens is 326 g/mol. The Kier molecular flexibility index (Phi) is 4.33. The fraction of sp³-hybridized carbons (Fsp3) is 0.273. The lowest BCUT2D eigenvalue weighted by Gasteiger charge is -2.23. The number of rotatable bonds is 4. The van der Waals surface area contributed by atoms with E-state index in [9.17, 15) is 14.7 Å². The largest absolute Gasteiger partial charge is 0.478 e. The molecule has 2 N–H and O–H groups in total. The summed E-state index contributed by atoms with van der Waals surface area (Å²) >= 11 is 0. The fourth-order valence-electron chi connectivity index (χ4n) is 4.21. The molecule has 0 amide bonds. The number of aromatic nitrogens is 1. The molecule has 4 heteroatoms. The Bertz CT molecular complexity index is 980. The number of aromatic carboxylic acids is 1. The lowest BCUT2D eigenvalue weighted by Crippen LogP contribution is -2.06. The topological polar surface area (TPSA) is 70.2 Å². The van der Waals surface area contributed by atoms with E-state index in [0.29, 0.717) is 11.5 Å². The first-order chi connectivity index (χ1) is 12.7. The molecule has 1 aliphatic carbocycles. The van der Waals surface area contributed by atoms with E-state index in [4.69, 9.17) is 0 Å². The van der Waals surface area contributed by atoms with Crippen molar-refractivity contribution in [3.63, 3.8) is 0 Å². The lowest BCUT2D eigenvalue weighted by molar-refractivity contribution is 0.0697. The van der Waals surface area contributed by atoms with Crippen molar-refractivity contribution >= 4 is 23.2 Å². The normalized spacial score (nSPS) is 15.2. The van der Waals surface area contributed by atoms with Gasteiger partial charge in [-0.1, -0.05) is 49.6 Å². The highest BCUT2D eigenvalue weighted by Crippen LogP contribution is 2.42. The number of aromatic amines is 1. The van der Waals surface area contributed by atoms with E-state index in [0.717, 1.165) is 41.3 Å². The van der Waals surface area contributed by atoms with Gasteiger partial charge in [0.1, 0.15) is 0 Å². The van der Waals surface area contributed by atoms with Gasteiger partial charge in [-0.05, 0) is 36.5 Å². The highest BCUT2D eigenvalue weighted by atomic mass is 16.4. The number of benzene rings is 2. The molecule has 0 atom stereocenters. The van der Waals surface area contributed by atoms with Gasteiger partial charge in [-0.25, -0.2) is 4.79 Å². The predicted octanol–water partition coefficient (Wildman–Crippen LogP) is 5.39. The number of H-pyrrole nitrogens is 1. The summed E-state index contributed by atoms with van der Waals surface area (Å²) in [5.74, 6) is -0.501. The SMILES string of the molecule is O=Cc1ccccc1-c1[nH]c2cc(C(=O)O)ccc2c1C1CCCCC1. The Morgan fingerprint density at radius 2 is 1.85 bits per heavy atom. The first kappa shape index (κ1) is 16.6. The van der Waals surface area contributed by atoms with Crippen LogP contribution in [0.3, 0.4) is 0 Å². The zero-order valence-corrected chi connectivity index (χ0v) is 14.5. The van der Waals surface area contributed by atoms with Gasteiger partial charge in [0, 0.05) is 22.0 Å². The Labute approximate surface area is 151 Å². The van der Waals surface area contributed by atoms with Crippen molar-refractivity contribution in [1.29, 1.82) is 0 Å². The summed E-state index contributed by atoms with van der Waals surface area (Å²) in [6, 6.07) is 12.8. The lowest BCUT2D eigenvalue weighted by atomic mass is 9.81. The van der Waals surface area contributed by atoms with Gasteiger partial charge in [0.15, 0.2) is 6.29 Å². The van der Waals surface area contributed by atoms with Gasteiger partial charge >= 0.3 is 5.97 Å². The van der Waals surface area contributed by atoms with Gasteiger partial charge in [0.05, 0.1) is 11.3 Å². The molecule has 4 nitrogen and oxygen atoms in total. The van der Waals surface area contributed by atoms with Crippen LogP contribution in [0.25, 0.3) is 22.2 Å². The van der Waals surface area contributed by atoms with Crippen molar-refractivity contribution in [2.45, 2.75) is 38.0 Å². The van der Waals surface area contributed by atoms with Gasteiger partial charge in [-0.15, -0.1) is 0 Å². The number of carbonyl (C=O) groups is 2. The number of fused-ring (bicyclic) bond motifs is 1. The first-order valence-corrected chi connectivity index (χ1v) is 9.12. The van der Waals surface area contributed by atoms with Gasteiger partial charge in [-0.3, -0.25) is 4.79 Å². The Balaban J connectivity index is 1.97. The smallest absolute Gasteiger partial charge is 0.335 e. The number of nitrogens with one attached hydrogen (secondary N) is 1. The zero-order valence-electron chi connectivity index (χ0n) is 14.5. The van der Waals surface area contributed by atoms with Gasteiger partial charge in [0.2, 0.25) is 0 Å². The van der Waals surface area contributed by atoms with E-state index in [1.807, 2.05) is 30.3 Å². The predicted molar refractivity (Wildman–Crippen MR) is 102 cm³/mol. The highest BCUT2D eigenvalue weighted by molar-refractivity contribution is 5.99. The summed E-state index contributed by atoms with van der Waals surface area (Å²) in [5.41, 5.74) is 4.80. The van der Waals surface area contributed by atoms with Crippen LogP contribution in [0.4, 0.5) is 0 Å². The van der Waals surface area contributed by atoms with Crippen molar-refractivity contribution in [1.82, 2.24) is 4.98 Å². The Hall–Kier alpha value is -2.88. The molecule has 1 aromatic heterocycles. The van der Waals surface area contributed by atoms with Crippen LogP contribution < -0.4 is 0 Å². The van der Waals surface area contributed by atoms with E-state index in [1.54, 1.807) is 12.1 Å². The van der Waals surface area contributed by atoms with Crippen molar-refractivity contribution < 1.29 is 14.7 Å². The van der Waals surface area contributed by atoms with Crippen LogP contribution in [0.5, 0.6) is 0 Å². The van der Waals surface area contributed by atoms with Crippen molar-refractivity contribution in [2.24, 2.45) is 0 Å². The molecule has 4 rings (SSSR count). The van der Waals surface area contributed by atoms with Gasteiger partial charge < -0.3 is 10.1 Å². The standard InChI is InChI=1S/C22H21NO3/c24-13-16-8-4-5-9-17(16)21-20(14-6-2-1-3-7-14)18-11-10-15(22(25)26)12-19(18)23-21/h4-5,8-14,23H,1-3,6-7H2,(H,25,26). The summed E-state index contributed by atoms with van der Waals surface area (Å²) in [5, 5.41) is 10.4. The van der Waals surface area contributed by atoms with E-state index >= 15 is 0 Å². The van der Waals surface area contributed by atoms with Crippen molar-refractivity contribution in [2.75, 3.05) is 0 Å². The summed E-state index contributed by atoms with van der Waals surface area (Å²) in [6.45, 7) is 0. The molecule has 0 bridgehead atoms. The van der Waals surface area contributed by atoms with Crippen LogP contribution in [-0.2, 0) is 0 Å². The van der Waals surface area contributed by atoms with Crippen LogP contribution in [0.15, 0.2) is 42.5 Å². The molecule has 0 spiro atoms. The monoisotopic (exact) mass is 347 g/mol. The second-order valence-corrected chi connectivity index (χ2v) is 7.02. The maximum Gasteiger partial charge on any atom is 0.335 e. The number of hydrogen-bond acceptors (Lipinski definition) is 2. The van der Waals surface area contributed by atoms with Crippen LogP contribution >= 0.6 is 0 Å². The van der Waals surface area contributed by atoms with Crippen LogP contribution in [0.1, 0.15) is 64.3 Å². The molecule has 0 radical (unpaired) electrons. The summed E-state index contributed by atoms with van der Waals surface area (Å²) < 4.78 is 0. The number of aldehydes is 1. The highest BCUT2D eigenvalue weighted by Gasteiger charge is 2.25. The van der Waals surface area contributed by atoms with Gasteiger partial charge in [-0.2, -0.15) is 0 Å². The van der Waals surface area contributed by atoms with Crippen molar-refractivity contribution in [3.05, 3.63) is 59.2 Å². The second-order valence-electron chi connectivity index (χ2n) is 7.02. The van der Waals surface area contributed by atoms with Crippen molar-refractivity contribution in [3.8, 4) is 11.3 Å². The molecule has 1 fully saturated rings. The molecule has 0 aliphatic heterocycles. The van der Waals surface area contributed by atoms with E-state index in [-0.39, 0.29) is 5.56 Å². The quantitative estimate of drug-likeness (QED) is 0.621. The molecule has 3 aromatic rings. The average molecular weight is 347 g/mol. The maximum atomic E-state index is 11.6. The third-order valence-electron chi connectivity index (χ3n) is 5.46. The number of hydrogen-bond donors (Lipinski definition) is 2. The van der Waals surface area contributed by atoms with E-state index in [2.05, 4.69) is 4.98 Å². The number of carboxylic acid groups (broad SMARTS) is 1. The van der Waals surface area contributed by atoms with E-state index in [1.165, 1.54) is 24.8 Å². The summed E-state index contributed by atoms with van der Waals surface area (Å²) in [4.78, 5) is 26.3. The minimum atomic E-state index is -0.935. The second kappa shape index (κ2) is 6.79. The fourth-order valence-corrected chi connectivity index (χ4v) is 4.21. The van der Waals surface area contributed by atoms with Gasteiger partial charge in [0.25, 0.3) is 0 Å². The molecule has 0 saturated heterocycles. The molecule has 1 aliphatic rings. The molecule has 1 saturated carbocycles. The van der Waals surface area contributed by atoms with Crippen LogP contribution in [-0.4, -0.2) is 22.3 Å². The molecule has 132 valence electrons. The summed E-state index contributed by atoms with van der Waals surface area (Å²) in [6.07, 6.45) is 6.82. The Morgan fingerprint density at radius 3 is 2.58 bits per heavy atom. The van der Waals surface area contributed by atoms with Crippen LogP contribution in [0, 0.1) is 0 Å². The maximum absolute atomic E-state index is 11.6. The third-order valence-corrected chi connectivity index (χ3v) is 5.46. The van der Waals surface area contributed by atoms with Crippen LogP contribution in [0.2, 0.25) is 0 Å². The Morgan fingerprint density at radius 1 is 1.08 bits per heavy atom. The molecule has 0 unspecified atom stereocenters. The minimum absolute atomic E-state index is 0.268. The molecular formula is C22H21NO3. The average Bonchev–Trinajstić information content (AvgIpc) is 3.07.